The number of aliphatic hydroxyl groups is 1. The van der Waals surface area contributed by atoms with Crippen LogP contribution in [0.3, 0.4) is 0 Å². The van der Waals surface area contributed by atoms with Gasteiger partial charge in [0.2, 0.25) is 0 Å². The summed E-state index contributed by atoms with van der Waals surface area (Å²) in [6, 6.07) is 9.83. The molecule has 1 unspecified atom stereocenters. The van der Waals surface area contributed by atoms with Gasteiger partial charge in [0, 0.05) is 13.1 Å². The highest BCUT2D eigenvalue weighted by atomic mass is 16.5. The summed E-state index contributed by atoms with van der Waals surface area (Å²) in [5.74, 6) is 0.831. The molecule has 0 radical (unpaired) electrons. The maximum Gasteiger partial charge on any atom is 0.123 e. The van der Waals surface area contributed by atoms with E-state index in [4.69, 9.17) is 4.74 Å². The summed E-state index contributed by atoms with van der Waals surface area (Å²) in [6.07, 6.45) is 1.28. The molecule has 1 N–H and O–H groups in total. The van der Waals surface area contributed by atoms with Gasteiger partial charge in [-0.15, -0.1) is 0 Å². The minimum Gasteiger partial charge on any atom is -0.494 e. The Kier molecular flexibility index (Phi) is 4.78. The average Bonchev–Trinajstić information content (AvgIpc) is 2.44. The Morgan fingerprint density at radius 3 is 2.53 bits per heavy atom. The van der Waals surface area contributed by atoms with Crippen molar-refractivity contribution in [3.05, 3.63) is 29.8 Å². The van der Waals surface area contributed by atoms with E-state index in [-0.39, 0.29) is 12.1 Å². The lowest BCUT2D eigenvalue weighted by Crippen LogP contribution is -2.38. The van der Waals surface area contributed by atoms with Crippen molar-refractivity contribution < 1.29 is 9.84 Å². The van der Waals surface area contributed by atoms with Crippen LogP contribution in [0.2, 0.25) is 0 Å². The molecule has 0 aliphatic carbocycles. The number of benzene rings is 1. The molecule has 1 aliphatic rings. The van der Waals surface area contributed by atoms with Gasteiger partial charge in [-0.25, -0.2) is 0 Å². The number of hydrogen-bond acceptors (Lipinski definition) is 4. The lowest BCUT2D eigenvalue weighted by Gasteiger charge is -2.32. The molecule has 19 heavy (non-hydrogen) atoms. The molecule has 4 nitrogen and oxygen atoms in total. The fraction of sp³-hybridized carbons (Fsp3) is 0.533. The normalized spacial score (nSPS) is 18.8. The van der Waals surface area contributed by atoms with Crippen LogP contribution in [-0.4, -0.2) is 35.8 Å². The van der Waals surface area contributed by atoms with E-state index in [1.54, 1.807) is 0 Å². The van der Waals surface area contributed by atoms with Crippen LogP contribution in [0.4, 0.5) is 0 Å². The van der Waals surface area contributed by atoms with E-state index in [2.05, 4.69) is 11.0 Å². The number of ether oxygens (including phenoxy) is 1. The Bertz CT molecular complexity index is 430. The molecule has 0 saturated carbocycles. The van der Waals surface area contributed by atoms with Gasteiger partial charge in [-0.1, -0.05) is 12.1 Å². The Labute approximate surface area is 114 Å². The second-order valence-corrected chi connectivity index (χ2v) is 4.80. The minimum atomic E-state index is -0.233. The fourth-order valence-corrected chi connectivity index (χ4v) is 2.42. The van der Waals surface area contributed by atoms with E-state index in [9.17, 15) is 10.4 Å². The van der Waals surface area contributed by atoms with E-state index >= 15 is 0 Å². The van der Waals surface area contributed by atoms with E-state index in [0.29, 0.717) is 6.61 Å². The molecular weight excluding hydrogens is 240 g/mol. The van der Waals surface area contributed by atoms with Gasteiger partial charge in [-0.05, 0) is 37.5 Å². The van der Waals surface area contributed by atoms with Crippen molar-refractivity contribution >= 4 is 0 Å². The molecular formula is C15H20N2O2. The third-order valence-corrected chi connectivity index (χ3v) is 3.49. The Hall–Kier alpha value is -1.57. The maximum absolute atomic E-state index is 9.52. The van der Waals surface area contributed by atoms with Crippen LogP contribution in [0.5, 0.6) is 5.75 Å². The molecule has 4 heteroatoms. The van der Waals surface area contributed by atoms with Crippen LogP contribution in [0.25, 0.3) is 0 Å². The molecule has 0 spiro atoms. The van der Waals surface area contributed by atoms with Crippen LogP contribution in [0.1, 0.15) is 31.4 Å². The second-order valence-electron chi connectivity index (χ2n) is 4.80. The lowest BCUT2D eigenvalue weighted by molar-refractivity contribution is 0.0716. The van der Waals surface area contributed by atoms with Crippen LogP contribution < -0.4 is 4.74 Å². The highest BCUT2D eigenvalue weighted by Gasteiger charge is 2.24. The highest BCUT2D eigenvalue weighted by Crippen LogP contribution is 2.25. The highest BCUT2D eigenvalue weighted by molar-refractivity contribution is 5.31. The monoisotopic (exact) mass is 260 g/mol. The molecule has 0 aromatic heterocycles. The van der Waals surface area contributed by atoms with Gasteiger partial charge in [-0.2, -0.15) is 5.26 Å². The molecule has 1 atom stereocenters. The predicted octanol–water partition coefficient (Wildman–Crippen LogP) is 2.11. The summed E-state index contributed by atoms with van der Waals surface area (Å²) in [6.45, 7) is 4.13. The second kappa shape index (κ2) is 6.55. The molecule has 1 fully saturated rings. The molecule has 1 heterocycles. The average molecular weight is 260 g/mol. The molecule has 1 saturated heterocycles. The molecule has 2 rings (SSSR count). The third kappa shape index (κ3) is 3.46. The first-order valence-electron chi connectivity index (χ1n) is 6.79. The zero-order chi connectivity index (χ0) is 13.7. The zero-order valence-corrected chi connectivity index (χ0v) is 11.2. The summed E-state index contributed by atoms with van der Waals surface area (Å²) in [4.78, 5) is 2.13. The summed E-state index contributed by atoms with van der Waals surface area (Å²) in [5.41, 5.74) is 0.988. The molecule has 102 valence electrons. The fourth-order valence-electron chi connectivity index (χ4n) is 2.42. The number of nitriles is 1. The number of piperidine rings is 1. The Balaban J connectivity index is 2.07. The van der Waals surface area contributed by atoms with Gasteiger partial charge in [-0.3, -0.25) is 4.90 Å². The SMILES string of the molecule is CCOc1ccc(C(C#N)N2CCC(O)CC2)cc1. The maximum atomic E-state index is 9.52. The third-order valence-electron chi connectivity index (χ3n) is 3.49. The zero-order valence-electron chi connectivity index (χ0n) is 11.2. The van der Waals surface area contributed by atoms with Crippen molar-refractivity contribution in [2.75, 3.05) is 19.7 Å². The van der Waals surface area contributed by atoms with E-state index in [0.717, 1.165) is 37.2 Å². The van der Waals surface area contributed by atoms with Crippen LogP contribution in [0.15, 0.2) is 24.3 Å². The molecule has 0 bridgehead atoms. The van der Waals surface area contributed by atoms with Gasteiger partial charge in [0.15, 0.2) is 0 Å². The summed E-state index contributed by atoms with van der Waals surface area (Å²) >= 11 is 0. The standard InChI is InChI=1S/C15H20N2O2/c1-2-19-14-5-3-12(4-6-14)15(11-16)17-9-7-13(18)8-10-17/h3-6,13,15,18H,2,7-10H2,1H3. The van der Waals surface area contributed by atoms with Crippen molar-refractivity contribution in [2.24, 2.45) is 0 Å². The first-order valence-corrected chi connectivity index (χ1v) is 6.79. The predicted molar refractivity (Wildman–Crippen MR) is 72.8 cm³/mol. The van der Waals surface area contributed by atoms with Crippen LogP contribution in [0, 0.1) is 11.3 Å². The number of aliphatic hydroxyl groups excluding tert-OH is 1. The summed E-state index contributed by atoms with van der Waals surface area (Å²) in [7, 11) is 0. The number of nitrogens with zero attached hydrogens (tertiary/aromatic N) is 2. The van der Waals surface area contributed by atoms with Crippen LogP contribution >= 0.6 is 0 Å². The van der Waals surface area contributed by atoms with Gasteiger partial charge < -0.3 is 9.84 Å². The molecule has 1 aliphatic heterocycles. The van der Waals surface area contributed by atoms with E-state index in [1.807, 2.05) is 31.2 Å². The quantitative estimate of drug-likeness (QED) is 0.900. The number of hydrogen-bond donors (Lipinski definition) is 1. The molecule has 1 aromatic carbocycles. The smallest absolute Gasteiger partial charge is 0.123 e. The van der Waals surface area contributed by atoms with Crippen molar-refractivity contribution in [2.45, 2.75) is 31.9 Å². The van der Waals surface area contributed by atoms with Crippen LogP contribution in [-0.2, 0) is 0 Å². The largest absolute Gasteiger partial charge is 0.494 e. The molecule has 0 amide bonds. The minimum absolute atomic E-state index is 0.212. The topological polar surface area (TPSA) is 56.5 Å². The first-order chi connectivity index (χ1) is 9.24. The molecule has 1 aromatic rings. The van der Waals surface area contributed by atoms with Gasteiger partial charge in [0.25, 0.3) is 0 Å². The first kappa shape index (κ1) is 13.9. The van der Waals surface area contributed by atoms with Crippen molar-refractivity contribution in [1.82, 2.24) is 4.90 Å². The summed E-state index contributed by atoms with van der Waals surface area (Å²) in [5, 5.41) is 18.9. The van der Waals surface area contributed by atoms with Crippen molar-refractivity contribution in [3.63, 3.8) is 0 Å². The summed E-state index contributed by atoms with van der Waals surface area (Å²) < 4.78 is 5.40. The Morgan fingerprint density at radius 1 is 1.37 bits per heavy atom. The van der Waals surface area contributed by atoms with Gasteiger partial charge in [0.1, 0.15) is 11.8 Å². The van der Waals surface area contributed by atoms with Gasteiger partial charge in [0.05, 0.1) is 18.8 Å². The number of rotatable bonds is 4. The van der Waals surface area contributed by atoms with Gasteiger partial charge >= 0.3 is 0 Å². The van der Waals surface area contributed by atoms with Crippen molar-refractivity contribution in [1.29, 1.82) is 5.26 Å². The lowest BCUT2D eigenvalue weighted by atomic mass is 10.0. The van der Waals surface area contributed by atoms with E-state index < -0.39 is 0 Å². The van der Waals surface area contributed by atoms with Crippen molar-refractivity contribution in [3.8, 4) is 11.8 Å². The number of likely N-dealkylation sites (tertiary alicyclic amines) is 1. The Morgan fingerprint density at radius 2 is 2.00 bits per heavy atom. The van der Waals surface area contributed by atoms with E-state index in [1.165, 1.54) is 0 Å².